The zero-order chi connectivity index (χ0) is 13.8. The fraction of sp³-hybridized carbons (Fsp3) is 0.200. The van der Waals surface area contributed by atoms with Crippen LogP contribution in [0.25, 0.3) is 0 Å². The minimum absolute atomic E-state index is 0.330. The van der Waals surface area contributed by atoms with Gasteiger partial charge in [-0.3, -0.25) is 0 Å². The molecule has 0 amide bonds. The largest absolute Gasteiger partial charge is 0.488 e. The van der Waals surface area contributed by atoms with Gasteiger partial charge in [0.1, 0.15) is 18.2 Å². The number of benzene rings is 2. The summed E-state index contributed by atoms with van der Waals surface area (Å²) in [4.78, 5) is 0. The monoisotopic (exact) mass is 323 g/mol. The molecule has 0 aromatic heterocycles. The lowest BCUT2D eigenvalue weighted by Gasteiger charge is -2.14. The molecular weight excluding hydrogens is 309 g/mol. The van der Waals surface area contributed by atoms with Gasteiger partial charge in [-0.2, -0.15) is 0 Å². The normalized spacial score (nSPS) is 12.2. The van der Waals surface area contributed by atoms with E-state index in [1.165, 1.54) is 6.07 Å². The second kappa shape index (κ2) is 6.17. The number of nitrogens with two attached hydrogens (primary N) is 1. The minimum Gasteiger partial charge on any atom is -0.488 e. The molecule has 0 spiro atoms. The van der Waals surface area contributed by atoms with Crippen molar-refractivity contribution in [2.45, 2.75) is 19.6 Å². The molecule has 1 unspecified atom stereocenters. The van der Waals surface area contributed by atoms with Gasteiger partial charge in [-0.25, -0.2) is 4.39 Å². The number of halogens is 2. The molecule has 2 N–H and O–H groups in total. The van der Waals surface area contributed by atoms with Crippen molar-refractivity contribution in [3.8, 4) is 5.75 Å². The van der Waals surface area contributed by atoms with Gasteiger partial charge < -0.3 is 10.5 Å². The van der Waals surface area contributed by atoms with E-state index in [2.05, 4.69) is 15.9 Å². The number of hydrogen-bond donors (Lipinski definition) is 1. The van der Waals surface area contributed by atoms with Gasteiger partial charge in [0.05, 0.1) is 0 Å². The zero-order valence-electron chi connectivity index (χ0n) is 10.6. The number of ether oxygens (including phenoxy) is 1. The van der Waals surface area contributed by atoms with E-state index in [1.54, 1.807) is 19.1 Å². The Bertz CT molecular complexity index is 555. The maximum Gasteiger partial charge on any atom is 0.131 e. The van der Waals surface area contributed by atoms with E-state index in [-0.39, 0.29) is 5.82 Å². The third-order valence-electron chi connectivity index (χ3n) is 2.78. The quantitative estimate of drug-likeness (QED) is 0.915. The number of rotatable bonds is 4. The fourth-order valence-corrected chi connectivity index (χ4v) is 2.09. The molecule has 0 saturated heterocycles. The molecule has 2 rings (SSSR count). The molecule has 19 heavy (non-hydrogen) atoms. The summed E-state index contributed by atoms with van der Waals surface area (Å²) in [5, 5.41) is 0. The maximum atomic E-state index is 13.7. The van der Waals surface area contributed by atoms with E-state index in [0.29, 0.717) is 17.9 Å². The van der Waals surface area contributed by atoms with Gasteiger partial charge >= 0.3 is 0 Å². The Morgan fingerprint density at radius 3 is 2.53 bits per heavy atom. The molecule has 0 aliphatic carbocycles. The van der Waals surface area contributed by atoms with Crippen LogP contribution in [0.15, 0.2) is 46.9 Å². The minimum atomic E-state index is -0.402. The molecule has 2 nitrogen and oxygen atoms in total. The molecule has 0 radical (unpaired) electrons. The first-order valence-electron chi connectivity index (χ1n) is 5.99. The van der Waals surface area contributed by atoms with Crippen LogP contribution in [0.4, 0.5) is 4.39 Å². The first kappa shape index (κ1) is 14.0. The summed E-state index contributed by atoms with van der Waals surface area (Å²) in [7, 11) is 0. The van der Waals surface area contributed by atoms with Gasteiger partial charge in [0, 0.05) is 16.1 Å². The van der Waals surface area contributed by atoms with Crippen molar-refractivity contribution < 1.29 is 9.13 Å². The molecule has 0 saturated carbocycles. The van der Waals surface area contributed by atoms with Crippen LogP contribution in [0.5, 0.6) is 5.75 Å². The van der Waals surface area contributed by atoms with Crippen molar-refractivity contribution in [3.05, 3.63) is 63.9 Å². The Labute approximate surface area is 120 Å². The van der Waals surface area contributed by atoms with Gasteiger partial charge in [0.2, 0.25) is 0 Å². The Kier molecular flexibility index (Phi) is 4.56. The summed E-state index contributed by atoms with van der Waals surface area (Å²) in [5.41, 5.74) is 7.21. The zero-order valence-corrected chi connectivity index (χ0v) is 12.2. The van der Waals surface area contributed by atoms with Crippen molar-refractivity contribution in [3.63, 3.8) is 0 Å². The van der Waals surface area contributed by atoms with Gasteiger partial charge in [0.25, 0.3) is 0 Å². The van der Waals surface area contributed by atoms with Crippen molar-refractivity contribution in [2.75, 3.05) is 0 Å². The highest BCUT2D eigenvalue weighted by Crippen LogP contribution is 2.27. The molecule has 0 bridgehead atoms. The average molecular weight is 324 g/mol. The highest BCUT2D eigenvalue weighted by Gasteiger charge is 2.13. The lowest BCUT2D eigenvalue weighted by Crippen LogP contribution is -2.10. The third kappa shape index (κ3) is 3.55. The predicted octanol–water partition coefficient (Wildman–Crippen LogP) is 4.19. The van der Waals surface area contributed by atoms with Crippen molar-refractivity contribution >= 4 is 15.9 Å². The van der Waals surface area contributed by atoms with Gasteiger partial charge in [0.15, 0.2) is 0 Å². The molecule has 0 aliphatic heterocycles. The van der Waals surface area contributed by atoms with E-state index in [1.807, 2.05) is 24.3 Å². The van der Waals surface area contributed by atoms with Crippen LogP contribution < -0.4 is 10.5 Å². The van der Waals surface area contributed by atoms with E-state index < -0.39 is 6.04 Å². The predicted molar refractivity (Wildman–Crippen MR) is 77.5 cm³/mol. The lowest BCUT2D eigenvalue weighted by atomic mass is 10.1. The Morgan fingerprint density at radius 2 is 1.89 bits per heavy atom. The van der Waals surface area contributed by atoms with Crippen LogP contribution in [-0.2, 0) is 6.61 Å². The van der Waals surface area contributed by atoms with E-state index in [9.17, 15) is 4.39 Å². The summed E-state index contributed by atoms with van der Waals surface area (Å²) in [6, 6.07) is 12.1. The first-order chi connectivity index (χ1) is 9.08. The summed E-state index contributed by atoms with van der Waals surface area (Å²) < 4.78 is 20.4. The molecule has 0 aliphatic rings. The Morgan fingerprint density at radius 1 is 1.21 bits per heavy atom. The highest BCUT2D eigenvalue weighted by molar-refractivity contribution is 9.10. The van der Waals surface area contributed by atoms with Crippen molar-refractivity contribution in [1.82, 2.24) is 0 Å². The Hall–Kier alpha value is -1.39. The summed E-state index contributed by atoms with van der Waals surface area (Å²) in [6.07, 6.45) is 0. The lowest BCUT2D eigenvalue weighted by molar-refractivity contribution is 0.299. The molecule has 0 heterocycles. The summed E-state index contributed by atoms with van der Waals surface area (Å²) in [6.45, 7) is 2.13. The van der Waals surface area contributed by atoms with Crippen LogP contribution in [0.3, 0.4) is 0 Å². The average Bonchev–Trinajstić information content (AvgIpc) is 2.37. The second-order valence-corrected chi connectivity index (χ2v) is 5.27. The molecule has 0 fully saturated rings. The SMILES string of the molecule is CC(N)c1c(F)cccc1OCc1ccc(Br)cc1. The fourth-order valence-electron chi connectivity index (χ4n) is 1.83. The van der Waals surface area contributed by atoms with Gasteiger partial charge in [-0.15, -0.1) is 0 Å². The van der Waals surface area contributed by atoms with E-state index in [0.717, 1.165) is 10.0 Å². The van der Waals surface area contributed by atoms with Crippen molar-refractivity contribution in [1.29, 1.82) is 0 Å². The first-order valence-corrected chi connectivity index (χ1v) is 6.78. The summed E-state index contributed by atoms with van der Waals surface area (Å²) in [5.74, 6) is 0.168. The topological polar surface area (TPSA) is 35.2 Å². The van der Waals surface area contributed by atoms with Crippen molar-refractivity contribution in [2.24, 2.45) is 5.73 Å². The van der Waals surface area contributed by atoms with E-state index >= 15 is 0 Å². The van der Waals surface area contributed by atoms with Crippen LogP contribution in [0.2, 0.25) is 0 Å². The third-order valence-corrected chi connectivity index (χ3v) is 3.30. The molecule has 2 aromatic carbocycles. The van der Waals surface area contributed by atoms with Gasteiger partial charge in [-0.05, 0) is 36.8 Å². The van der Waals surface area contributed by atoms with Crippen LogP contribution in [0.1, 0.15) is 24.1 Å². The standard InChI is InChI=1S/C15H15BrFNO/c1-10(18)15-13(17)3-2-4-14(15)19-9-11-5-7-12(16)8-6-11/h2-8,10H,9,18H2,1H3. The highest BCUT2D eigenvalue weighted by atomic mass is 79.9. The van der Waals surface area contributed by atoms with Gasteiger partial charge in [-0.1, -0.05) is 34.1 Å². The van der Waals surface area contributed by atoms with E-state index in [4.69, 9.17) is 10.5 Å². The molecule has 1 atom stereocenters. The van der Waals surface area contributed by atoms with Crippen LogP contribution in [0, 0.1) is 5.82 Å². The van der Waals surface area contributed by atoms with Crippen LogP contribution in [-0.4, -0.2) is 0 Å². The molecular formula is C15H15BrFNO. The molecule has 2 aromatic rings. The number of hydrogen-bond acceptors (Lipinski definition) is 2. The smallest absolute Gasteiger partial charge is 0.131 e. The van der Waals surface area contributed by atoms with Crippen LogP contribution >= 0.6 is 15.9 Å². The summed E-state index contributed by atoms with van der Waals surface area (Å²) >= 11 is 3.37. The maximum absolute atomic E-state index is 13.7. The second-order valence-electron chi connectivity index (χ2n) is 4.36. The Balaban J connectivity index is 2.15. The molecule has 100 valence electrons. The molecule has 4 heteroatoms.